The molecular weight excluding hydrogens is 238 g/mol. The normalized spacial score (nSPS) is 14.1. The first kappa shape index (κ1) is 13.6. The summed E-state index contributed by atoms with van der Waals surface area (Å²) in [6.07, 6.45) is 0.180. The number of esters is 1. The largest absolute Gasteiger partial charge is 0.466 e. The maximum absolute atomic E-state index is 11.6. The number of nitrogens with two attached hydrogens (primary N) is 1. The van der Waals surface area contributed by atoms with Crippen LogP contribution in [0.2, 0.25) is 0 Å². The van der Waals surface area contributed by atoms with Gasteiger partial charge in [-0.1, -0.05) is 36.4 Å². The molecule has 1 unspecified atom stereocenters. The van der Waals surface area contributed by atoms with Gasteiger partial charge in [0.2, 0.25) is 0 Å². The molecule has 2 aromatic rings. The number of rotatable bonds is 4. The number of hydrogen-bond donors (Lipinski definition) is 1. The summed E-state index contributed by atoms with van der Waals surface area (Å²) < 4.78 is 4.97. The second kappa shape index (κ2) is 5.41. The van der Waals surface area contributed by atoms with E-state index in [0.717, 1.165) is 16.3 Å². The Morgan fingerprint density at radius 2 is 1.89 bits per heavy atom. The van der Waals surface area contributed by atoms with Crippen molar-refractivity contribution in [1.29, 1.82) is 0 Å². The predicted octanol–water partition coefficient (Wildman–Crippen LogP) is 2.97. The highest BCUT2D eigenvalue weighted by Crippen LogP contribution is 2.26. The van der Waals surface area contributed by atoms with Gasteiger partial charge in [0.05, 0.1) is 13.0 Å². The van der Waals surface area contributed by atoms with Crippen LogP contribution in [-0.4, -0.2) is 12.6 Å². The number of fused-ring (bicyclic) bond motifs is 1. The average molecular weight is 257 g/mol. The molecule has 0 amide bonds. The zero-order valence-electron chi connectivity index (χ0n) is 11.3. The lowest BCUT2D eigenvalue weighted by atomic mass is 9.88. The van der Waals surface area contributed by atoms with E-state index in [-0.39, 0.29) is 12.4 Å². The van der Waals surface area contributed by atoms with Crippen molar-refractivity contribution in [3.63, 3.8) is 0 Å². The van der Waals surface area contributed by atoms with E-state index in [1.165, 1.54) is 0 Å². The fraction of sp³-hybridized carbons (Fsp3) is 0.312. The Kier molecular flexibility index (Phi) is 3.86. The smallest absolute Gasteiger partial charge is 0.307 e. The molecule has 0 saturated carbocycles. The van der Waals surface area contributed by atoms with Crippen molar-refractivity contribution in [2.75, 3.05) is 6.61 Å². The molecule has 0 saturated heterocycles. The zero-order valence-corrected chi connectivity index (χ0v) is 11.3. The van der Waals surface area contributed by atoms with Gasteiger partial charge in [0.25, 0.3) is 0 Å². The van der Waals surface area contributed by atoms with Crippen molar-refractivity contribution in [1.82, 2.24) is 0 Å². The van der Waals surface area contributed by atoms with Gasteiger partial charge in [-0.15, -0.1) is 0 Å². The van der Waals surface area contributed by atoms with Crippen molar-refractivity contribution in [3.8, 4) is 0 Å². The summed E-state index contributed by atoms with van der Waals surface area (Å²) in [5.41, 5.74) is 6.49. The first-order chi connectivity index (χ1) is 9.03. The predicted molar refractivity (Wildman–Crippen MR) is 76.7 cm³/mol. The Morgan fingerprint density at radius 3 is 2.58 bits per heavy atom. The molecule has 2 aromatic carbocycles. The summed E-state index contributed by atoms with van der Waals surface area (Å²) >= 11 is 0. The van der Waals surface area contributed by atoms with Crippen LogP contribution in [0.15, 0.2) is 42.5 Å². The lowest BCUT2D eigenvalue weighted by molar-refractivity contribution is -0.144. The first-order valence-electron chi connectivity index (χ1n) is 6.47. The van der Waals surface area contributed by atoms with Crippen LogP contribution in [0.3, 0.4) is 0 Å². The molecule has 3 heteroatoms. The van der Waals surface area contributed by atoms with Crippen LogP contribution in [0, 0.1) is 0 Å². The van der Waals surface area contributed by atoms with E-state index in [2.05, 4.69) is 6.07 Å². The van der Waals surface area contributed by atoms with Gasteiger partial charge in [0.1, 0.15) is 0 Å². The summed E-state index contributed by atoms with van der Waals surface area (Å²) in [6.45, 7) is 4.03. The molecule has 0 aromatic heterocycles. The number of ether oxygens (including phenoxy) is 1. The van der Waals surface area contributed by atoms with Gasteiger partial charge in [-0.2, -0.15) is 0 Å². The molecule has 0 aliphatic heterocycles. The lowest BCUT2D eigenvalue weighted by Gasteiger charge is -2.24. The van der Waals surface area contributed by atoms with Crippen molar-refractivity contribution in [3.05, 3.63) is 48.0 Å². The molecule has 2 N–H and O–H groups in total. The van der Waals surface area contributed by atoms with E-state index in [0.29, 0.717) is 6.61 Å². The fourth-order valence-corrected chi connectivity index (χ4v) is 2.16. The molecule has 0 spiro atoms. The monoisotopic (exact) mass is 257 g/mol. The Hall–Kier alpha value is -1.87. The SMILES string of the molecule is CCOC(=O)CC(C)(N)c1ccc2ccccc2c1. The lowest BCUT2D eigenvalue weighted by Crippen LogP contribution is -2.36. The van der Waals surface area contributed by atoms with Crippen molar-refractivity contribution >= 4 is 16.7 Å². The molecule has 3 nitrogen and oxygen atoms in total. The summed E-state index contributed by atoms with van der Waals surface area (Å²) in [4.78, 5) is 11.6. The molecule has 0 bridgehead atoms. The molecule has 0 aliphatic carbocycles. The molecule has 1 atom stereocenters. The van der Waals surface area contributed by atoms with E-state index in [1.807, 2.05) is 43.3 Å². The maximum atomic E-state index is 11.6. The van der Waals surface area contributed by atoms with Gasteiger partial charge < -0.3 is 10.5 Å². The van der Waals surface area contributed by atoms with Crippen LogP contribution in [0.1, 0.15) is 25.8 Å². The number of carbonyl (C=O) groups is 1. The summed E-state index contributed by atoms with van der Waals surface area (Å²) in [5.74, 6) is -0.263. The Morgan fingerprint density at radius 1 is 1.21 bits per heavy atom. The maximum Gasteiger partial charge on any atom is 0.307 e. The third kappa shape index (κ3) is 3.12. The van der Waals surface area contributed by atoms with Crippen molar-refractivity contribution in [2.24, 2.45) is 5.73 Å². The summed E-state index contributed by atoms with van der Waals surface area (Å²) in [6, 6.07) is 14.1. The highest BCUT2D eigenvalue weighted by Gasteiger charge is 2.25. The molecule has 2 rings (SSSR count). The number of benzene rings is 2. The van der Waals surface area contributed by atoms with Crippen LogP contribution in [-0.2, 0) is 15.1 Å². The third-order valence-electron chi connectivity index (χ3n) is 3.23. The standard InChI is InChI=1S/C16H19NO2/c1-3-19-15(18)11-16(2,17)14-9-8-12-6-4-5-7-13(12)10-14/h4-10H,3,11,17H2,1-2H3. The molecule has 0 fully saturated rings. The topological polar surface area (TPSA) is 52.3 Å². The van der Waals surface area contributed by atoms with Gasteiger partial charge >= 0.3 is 5.97 Å². The van der Waals surface area contributed by atoms with Gasteiger partial charge in [0, 0.05) is 5.54 Å². The van der Waals surface area contributed by atoms with Crippen LogP contribution in [0.4, 0.5) is 0 Å². The molecule has 19 heavy (non-hydrogen) atoms. The second-order valence-electron chi connectivity index (χ2n) is 4.96. The third-order valence-corrected chi connectivity index (χ3v) is 3.23. The van der Waals surface area contributed by atoms with Crippen molar-refractivity contribution < 1.29 is 9.53 Å². The van der Waals surface area contributed by atoms with E-state index < -0.39 is 5.54 Å². The van der Waals surface area contributed by atoms with E-state index in [1.54, 1.807) is 6.92 Å². The van der Waals surface area contributed by atoms with Gasteiger partial charge in [0.15, 0.2) is 0 Å². The van der Waals surface area contributed by atoms with Gasteiger partial charge in [-0.05, 0) is 36.2 Å². The van der Waals surface area contributed by atoms with Crippen molar-refractivity contribution in [2.45, 2.75) is 25.8 Å². The van der Waals surface area contributed by atoms with E-state index in [4.69, 9.17) is 10.5 Å². The molecule has 0 heterocycles. The molecule has 0 aliphatic rings. The Labute approximate surface area is 113 Å². The number of hydrogen-bond acceptors (Lipinski definition) is 3. The van der Waals surface area contributed by atoms with Crippen LogP contribution < -0.4 is 5.73 Å². The van der Waals surface area contributed by atoms with E-state index >= 15 is 0 Å². The summed E-state index contributed by atoms with van der Waals surface area (Å²) in [7, 11) is 0. The van der Waals surface area contributed by atoms with Gasteiger partial charge in [-0.3, -0.25) is 4.79 Å². The quantitative estimate of drug-likeness (QED) is 0.857. The molecular formula is C16H19NO2. The Bertz CT molecular complexity index is 590. The van der Waals surface area contributed by atoms with Crippen LogP contribution in [0.25, 0.3) is 10.8 Å². The average Bonchev–Trinajstić information content (AvgIpc) is 2.37. The van der Waals surface area contributed by atoms with Crippen LogP contribution in [0.5, 0.6) is 0 Å². The highest BCUT2D eigenvalue weighted by molar-refractivity contribution is 5.83. The summed E-state index contributed by atoms with van der Waals surface area (Å²) in [5, 5.41) is 2.29. The molecule has 100 valence electrons. The highest BCUT2D eigenvalue weighted by atomic mass is 16.5. The van der Waals surface area contributed by atoms with E-state index in [9.17, 15) is 4.79 Å². The minimum atomic E-state index is -0.712. The number of carbonyl (C=O) groups excluding carboxylic acids is 1. The molecule has 0 radical (unpaired) electrons. The first-order valence-corrected chi connectivity index (χ1v) is 6.47. The zero-order chi connectivity index (χ0) is 13.9. The second-order valence-corrected chi connectivity index (χ2v) is 4.96. The minimum Gasteiger partial charge on any atom is -0.466 e. The minimum absolute atomic E-state index is 0.180. The van der Waals surface area contributed by atoms with Gasteiger partial charge in [-0.25, -0.2) is 0 Å². The Balaban J connectivity index is 2.29. The van der Waals surface area contributed by atoms with Crippen LogP contribution >= 0.6 is 0 Å². The fourth-order valence-electron chi connectivity index (χ4n) is 2.16.